The minimum absolute atomic E-state index is 0.0541. The van der Waals surface area contributed by atoms with Crippen molar-refractivity contribution in [2.24, 2.45) is 5.73 Å². The lowest BCUT2D eigenvalue weighted by Gasteiger charge is -2.10. The first-order chi connectivity index (χ1) is 10.6. The van der Waals surface area contributed by atoms with Crippen LogP contribution < -0.4 is 11.1 Å². The Hall–Kier alpha value is -2.34. The largest absolute Gasteiger partial charge is 0.369 e. The van der Waals surface area contributed by atoms with Crippen molar-refractivity contribution in [3.63, 3.8) is 0 Å². The van der Waals surface area contributed by atoms with Gasteiger partial charge in [-0.15, -0.1) is 11.8 Å². The molecule has 114 valence electrons. The van der Waals surface area contributed by atoms with Gasteiger partial charge in [0.1, 0.15) is 5.82 Å². The van der Waals surface area contributed by atoms with E-state index < -0.39 is 11.7 Å². The van der Waals surface area contributed by atoms with Crippen LogP contribution in [0.3, 0.4) is 0 Å². The third-order valence-corrected chi connectivity index (χ3v) is 3.94. The van der Waals surface area contributed by atoms with Crippen LogP contribution in [0, 0.1) is 5.82 Å². The van der Waals surface area contributed by atoms with Gasteiger partial charge in [-0.1, -0.05) is 30.3 Å². The summed E-state index contributed by atoms with van der Waals surface area (Å²) in [7, 11) is 0. The third-order valence-electron chi connectivity index (χ3n) is 2.84. The minimum Gasteiger partial charge on any atom is -0.369 e. The zero-order valence-corrected chi connectivity index (χ0v) is 12.5. The number of rotatable bonds is 6. The molecule has 0 unspecified atom stereocenters. The summed E-state index contributed by atoms with van der Waals surface area (Å²) in [5.74, 6) is -1.04. The van der Waals surface area contributed by atoms with E-state index in [0.29, 0.717) is 11.3 Å². The number of para-hydroxylation sites is 1. The Morgan fingerprint density at radius 1 is 1.09 bits per heavy atom. The van der Waals surface area contributed by atoms with E-state index in [1.807, 2.05) is 0 Å². The van der Waals surface area contributed by atoms with Crippen LogP contribution >= 0.6 is 11.8 Å². The number of halogens is 1. The van der Waals surface area contributed by atoms with Gasteiger partial charge in [-0.3, -0.25) is 9.59 Å². The Kier molecular flexibility index (Phi) is 5.55. The van der Waals surface area contributed by atoms with Gasteiger partial charge in [-0.2, -0.15) is 0 Å². The summed E-state index contributed by atoms with van der Waals surface area (Å²) in [5.41, 5.74) is 6.04. The number of carbonyl (C=O) groups excluding carboxylic acids is 2. The van der Waals surface area contributed by atoms with Crippen LogP contribution in [0.1, 0.15) is 5.56 Å². The first-order valence-electron chi connectivity index (χ1n) is 6.59. The highest BCUT2D eigenvalue weighted by atomic mass is 32.2. The van der Waals surface area contributed by atoms with Gasteiger partial charge in [-0.05, 0) is 23.8 Å². The van der Waals surface area contributed by atoms with Gasteiger partial charge in [0.25, 0.3) is 0 Å². The van der Waals surface area contributed by atoms with Gasteiger partial charge < -0.3 is 11.1 Å². The second-order valence-corrected chi connectivity index (χ2v) is 5.58. The standard InChI is InChI=1S/C16H15FN2O2S/c17-12-6-2-1-5-11(12)9-16(21)19-13-7-3-4-8-14(13)22-10-15(18)20/h1-8H,9-10H2,(H2,18,20)(H,19,21). The SMILES string of the molecule is NC(=O)CSc1ccccc1NC(=O)Cc1ccccc1F. The number of hydrogen-bond donors (Lipinski definition) is 2. The van der Waals surface area contributed by atoms with E-state index in [1.54, 1.807) is 42.5 Å². The van der Waals surface area contributed by atoms with Crippen molar-refractivity contribution in [1.29, 1.82) is 0 Å². The number of benzene rings is 2. The minimum atomic E-state index is -0.433. The molecule has 0 aromatic heterocycles. The second-order valence-electron chi connectivity index (χ2n) is 4.57. The van der Waals surface area contributed by atoms with Crippen molar-refractivity contribution in [3.8, 4) is 0 Å². The molecule has 0 fully saturated rings. The number of thioether (sulfide) groups is 1. The monoisotopic (exact) mass is 318 g/mol. The van der Waals surface area contributed by atoms with Crippen molar-refractivity contribution in [3.05, 3.63) is 59.9 Å². The van der Waals surface area contributed by atoms with Crippen molar-refractivity contribution in [2.45, 2.75) is 11.3 Å². The molecule has 2 amide bonds. The molecule has 0 atom stereocenters. The zero-order valence-electron chi connectivity index (χ0n) is 11.7. The van der Waals surface area contributed by atoms with Crippen molar-refractivity contribution >= 4 is 29.3 Å². The summed E-state index contributed by atoms with van der Waals surface area (Å²) in [6.07, 6.45) is -0.0541. The molecule has 0 saturated carbocycles. The van der Waals surface area contributed by atoms with Crippen LogP contribution in [0.5, 0.6) is 0 Å². The van der Waals surface area contributed by atoms with Crippen LogP contribution in [0.15, 0.2) is 53.4 Å². The molecule has 0 heterocycles. The predicted molar refractivity (Wildman–Crippen MR) is 85.1 cm³/mol. The zero-order chi connectivity index (χ0) is 15.9. The Labute approximate surface area is 131 Å². The summed E-state index contributed by atoms with van der Waals surface area (Å²) < 4.78 is 13.5. The van der Waals surface area contributed by atoms with Gasteiger partial charge in [0.15, 0.2) is 0 Å². The third kappa shape index (κ3) is 4.60. The first-order valence-corrected chi connectivity index (χ1v) is 7.58. The lowest BCUT2D eigenvalue weighted by Crippen LogP contribution is -2.16. The second kappa shape index (κ2) is 7.61. The van der Waals surface area contributed by atoms with E-state index in [1.165, 1.54) is 17.8 Å². The summed E-state index contributed by atoms with van der Waals surface area (Å²) in [5, 5.41) is 2.73. The molecular weight excluding hydrogens is 303 g/mol. The van der Waals surface area contributed by atoms with E-state index in [0.717, 1.165) is 4.90 Å². The molecule has 2 aromatic carbocycles. The molecule has 0 aliphatic rings. The van der Waals surface area contributed by atoms with Crippen LogP contribution in [-0.4, -0.2) is 17.6 Å². The Morgan fingerprint density at radius 3 is 2.50 bits per heavy atom. The molecule has 2 aromatic rings. The predicted octanol–water partition coefficient (Wildman–Crippen LogP) is 2.58. The molecule has 0 radical (unpaired) electrons. The van der Waals surface area contributed by atoms with Gasteiger partial charge in [0.2, 0.25) is 11.8 Å². The van der Waals surface area contributed by atoms with E-state index in [9.17, 15) is 14.0 Å². The Morgan fingerprint density at radius 2 is 1.77 bits per heavy atom. The van der Waals surface area contributed by atoms with Crippen LogP contribution in [0.25, 0.3) is 0 Å². The molecular formula is C16H15FN2O2S. The molecule has 0 aliphatic carbocycles. The fourth-order valence-electron chi connectivity index (χ4n) is 1.85. The van der Waals surface area contributed by atoms with E-state index >= 15 is 0 Å². The molecule has 0 bridgehead atoms. The van der Waals surface area contributed by atoms with Crippen molar-refractivity contribution < 1.29 is 14.0 Å². The average molecular weight is 318 g/mol. The van der Waals surface area contributed by atoms with Gasteiger partial charge >= 0.3 is 0 Å². The van der Waals surface area contributed by atoms with Crippen molar-refractivity contribution in [1.82, 2.24) is 0 Å². The summed E-state index contributed by atoms with van der Waals surface area (Å²) in [6, 6.07) is 13.2. The maximum atomic E-state index is 13.5. The topological polar surface area (TPSA) is 72.2 Å². The van der Waals surface area contributed by atoms with Crippen molar-refractivity contribution in [2.75, 3.05) is 11.1 Å². The summed E-state index contributed by atoms with van der Waals surface area (Å²) in [6.45, 7) is 0. The normalized spacial score (nSPS) is 10.2. The van der Waals surface area contributed by atoms with E-state index in [2.05, 4.69) is 5.32 Å². The number of nitrogens with two attached hydrogens (primary N) is 1. The molecule has 0 saturated heterocycles. The first kappa shape index (κ1) is 16.0. The highest BCUT2D eigenvalue weighted by Crippen LogP contribution is 2.26. The summed E-state index contributed by atoms with van der Waals surface area (Å²) in [4.78, 5) is 23.6. The van der Waals surface area contributed by atoms with E-state index in [4.69, 9.17) is 5.73 Å². The lowest BCUT2D eigenvalue weighted by atomic mass is 10.1. The van der Waals surface area contributed by atoms with Crippen LogP contribution in [0.4, 0.5) is 10.1 Å². The Balaban J connectivity index is 2.05. The molecule has 0 aliphatic heterocycles. The number of primary amides is 1. The van der Waals surface area contributed by atoms with Gasteiger partial charge in [-0.25, -0.2) is 4.39 Å². The molecule has 4 nitrogen and oxygen atoms in total. The maximum absolute atomic E-state index is 13.5. The van der Waals surface area contributed by atoms with Gasteiger partial charge in [0, 0.05) is 4.90 Å². The molecule has 3 N–H and O–H groups in total. The highest BCUT2D eigenvalue weighted by Gasteiger charge is 2.10. The average Bonchev–Trinajstić information content (AvgIpc) is 2.48. The number of nitrogens with one attached hydrogen (secondary N) is 1. The fourth-order valence-corrected chi connectivity index (χ4v) is 2.60. The smallest absolute Gasteiger partial charge is 0.228 e. The molecule has 22 heavy (non-hydrogen) atoms. The maximum Gasteiger partial charge on any atom is 0.228 e. The number of hydrogen-bond acceptors (Lipinski definition) is 3. The molecule has 6 heteroatoms. The number of anilines is 1. The quantitative estimate of drug-likeness (QED) is 0.804. The number of carbonyl (C=O) groups is 2. The Bertz CT molecular complexity index is 691. The number of amides is 2. The fraction of sp³-hybridized carbons (Fsp3) is 0.125. The lowest BCUT2D eigenvalue weighted by molar-refractivity contribution is -0.116. The van der Waals surface area contributed by atoms with Gasteiger partial charge in [0.05, 0.1) is 17.9 Å². The van der Waals surface area contributed by atoms with E-state index in [-0.39, 0.29) is 18.1 Å². The molecule has 2 rings (SSSR count). The highest BCUT2D eigenvalue weighted by molar-refractivity contribution is 8.00. The molecule has 0 spiro atoms. The van der Waals surface area contributed by atoms with Crippen LogP contribution in [-0.2, 0) is 16.0 Å². The summed E-state index contributed by atoms with van der Waals surface area (Å²) >= 11 is 1.24. The van der Waals surface area contributed by atoms with Crippen LogP contribution in [0.2, 0.25) is 0 Å².